The largest absolute Gasteiger partial charge is 0.341 e. The first-order valence-corrected chi connectivity index (χ1v) is 9.17. The van der Waals surface area contributed by atoms with E-state index in [1.807, 2.05) is 24.3 Å². The van der Waals surface area contributed by atoms with Gasteiger partial charge < -0.3 is 10.6 Å². The number of anilines is 2. The number of urea groups is 1. The summed E-state index contributed by atoms with van der Waals surface area (Å²) in [5, 5.41) is 6.88. The van der Waals surface area contributed by atoms with Crippen molar-refractivity contribution in [2.24, 2.45) is 23.7 Å². The minimum Gasteiger partial charge on any atom is -0.341 e. The van der Waals surface area contributed by atoms with Crippen molar-refractivity contribution in [2.45, 2.75) is 6.42 Å². The van der Waals surface area contributed by atoms with E-state index in [1.54, 1.807) is 19.2 Å². The lowest BCUT2D eigenvalue weighted by atomic mass is 9.85. The first-order chi connectivity index (χ1) is 13.1. The third kappa shape index (κ3) is 2.16. The molecule has 2 aliphatic carbocycles. The maximum atomic E-state index is 13.1. The minimum atomic E-state index is -0.321. The van der Waals surface area contributed by atoms with Crippen molar-refractivity contribution in [3.63, 3.8) is 0 Å². The van der Waals surface area contributed by atoms with E-state index < -0.39 is 0 Å². The van der Waals surface area contributed by atoms with E-state index in [0.717, 1.165) is 17.2 Å². The summed E-state index contributed by atoms with van der Waals surface area (Å²) in [4.78, 5) is 39.4. The van der Waals surface area contributed by atoms with Gasteiger partial charge in [0.1, 0.15) is 0 Å². The molecule has 0 aromatic heterocycles. The van der Waals surface area contributed by atoms with Crippen molar-refractivity contribution in [3.05, 3.63) is 48.6 Å². The molecule has 136 valence electrons. The van der Waals surface area contributed by atoms with Gasteiger partial charge in [0.05, 0.1) is 23.2 Å². The molecule has 4 unspecified atom stereocenters. The average molecular weight is 361 g/mol. The number of amides is 4. The van der Waals surface area contributed by atoms with Gasteiger partial charge in [-0.3, -0.25) is 9.59 Å². The number of hydrogen-bond acceptors (Lipinski definition) is 3. The van der Waals surface area contributed by atoms with Gasteiger partial charge in [0.2, 0.25) is 11.8 Å². The van der Waals surface area contributed by atoms with Crippen LogP contribution in [0.15, 0.2) is 48.6 Å². The highest BCUT2D eigenvalue weighted by atomic mass is 16.2. The Hall–Kier alpha value is -3.15. The van der Waals surface area contributed by atoms with Gasteiger partial charge >= 0.3 is 6.03 Å². The molecule has 27 heavy (non-hydrogen) atoms. The standard InChI is InChI=1S/C21H19N3O3/c1-22-21(27)23-15-8-9-16(14-5-3-2-4-13(14)15)24-19(25)17-11-6-7-12(10-11)18(17)20(24)26/h2-9,11-12,17-18H,10H2,1H3,(H2,22,23,27). The molecule has 2 aromatic rings. The molecule has 6 heteroatoms. The summed E-state index contributed by atoms with van der Waals surface area (Å²) >= 11 is 0. The number of allylic oxidation sites excluding steroid dienone is 2. The number of rotatable bonds is 2. The second kappa shape index (κ2) is 5.67. The van der Waals surface area contributed by atoms with Gasteiger partial charge in [0.25, 0.3) is 0 Å². The van der Waals surface area contributed by atoms with Crippen molar-refractivity contribution < 1.29 is 14.4 Å². The number of nitrogens with one attached hydrogen (secondary N) is 2. The molecule has 6 nitrogen and oxygen atoms in total. The zero-order valence-electron chi connectivity index (χ0n) is 14.8. The lowest BCUT2D eigenvalue weighted by Crippen LogP contribution is -2.33. The summed E-state index contributed by atoms with van der Waals surface area (Å²) in [6, 6.07) is 10.7. The summed E-state index contributed by atoms with van der Waals surface area (Å²) in [5.41, 5.74) is 1.23. The molecule has 0 radical (unpaired) electrons. The Morgan fingerprint density at radius 2 is 1.59 bits per heavy atom. The molecule has 2 aromatic carbocycles. The van der Waals surface area contributed by atoms with Gasteiger partial charge in [0, 0.05) is 17.8 Å². The smallest absolute Gasteiger partial charge is 0.318 e. The van der Waals surface area contributed by atoms with Crippen molar-refractivity contribution in [3.8, 4) is 0 Å². The Kier molecular flexibility index (Phi) is 3.37. The molecule has 4 amide bonds. The third-order valence-electron chi connectivity index (χ3n) is 6.09. The topological polar surface area (TPSA) is 78.5 Å². The first-order valence-electron chi connectivity index (χ1n) is 9.17. The minimum absolute atomic E-state index is 0.0981. The van der Waals surface area contributed by atoms with E-state index in [2.05, 4.69) is 22.8 Å². The van der Waals surface area contributed by atoms with Crippen LogP contribution >= 0.6 is 0 Å². The van der Waals surface area contributed by atoms with Gasteiger partial charge in [0.15, 0.2) is 0 Å². The van der Waals surface area contributed by atoms with Crippen molar-refractivity contribution in [2.75, 3.05) is 17.3 Å². The maximum absolute atomic E-state index is 13.1. The van der Waals surface area contributed by atoms with Crippen LogP contribution < -0.4 is 15.5 Å². The third-order valence-corrected chi connectivity index (χ3v) is 6.09. The second-order valence-electron chi connectivity index (χ2n) is 7.39. The molecule has 1 heterocycles. The van der Waals surface area contributed by atoms with Crippen LogP contribution in [-0.4, -0.2) is 24.9 Å². The molecule has 1 saturated heterocycles. The summed E-state index contributed by atoms with van der Waals surface area (Å²) in [6.45, 7) is 0. The molecular weight excluding hydrogens is 342 g/mol. The van der Waals surface area contributed by atoms with Gasteiger partial charge in [-0.25, -0.2) is 9.69 Å². The quantitative estimate of drug-likeness (QED) is 0.638. The van der Waals surface area contributed by atoms with Gasteiger partial charge in [-0.05, 0) is 30.4 Å². The fourth-order valence-corrected chi connectivity index (χ4v) is 4.91. The monoisotopic (exact) mass is 361 g/mol. The van der Waals surface area contributed by atoms with Crippen LogP contribution in [0.5, 0.6) is 0 Å². The van der Waals surface area contributed by atoms with Crippen LogP contribution in [0.2, 0.25) is 0 Å². The number of carbonyl (C=O) groups excluding carboxylic acids is 3. The normalized spacial score (nSPS) is 28.1. The van der Waals surface area contributed by atoms with E-state index in [9.17, 15) is 14.4 Å². The Morgan fingerprint density at radius 3 is 2.22 bits per heavy atom. The molecule has 3 aliphatic rings. The number of hydrogen-bond donors (Lipinski definition) is 2. The molecule has 4 atom stereocenters. The van der Waals surface area contributed by atoms with Crippen LogP contribution in [-0.2, 0) is 9.59 Å². The van der Waals surface area contributed by atoms with Crippen LogP contribution in [0.25, 0.3) is 10.8 Å². The fraction of sp³-hybridized carbons (Fsp3) is 0.286. The number of nitrogens with zero attached hydrogens (tertiary/aromatic N) is 1. The van der Waals surface area contributed by atoms with Gasteiger partial charge in [-0.15, -0.1) is 0 Å². The first kappa shape index (κ1) is 16.1. The van der Waals surface area contributed by atoms with Gasteiger partial charge in [-0.1, -0.05) is 36.4 Å². The zero-order valence-corrected chi connectivity index (χ0v) is 14.8. The molecule has 1 aliphatic heterocycles. The second-order valence-corrected chi connectivity index (χ2v) is 7.39. The summed E-state index contributed by atoms with van der Waals surface area (Å²) in [5.74, 6) is -0.285. The van der Waals surface area contributed by atoms with E-state index in [4.69, 9.17) is 0 Å². The van der Waals surface area contributed by atoms with E-state index >= 15 is 0 Å². The maximum Gasteiger partial charge on any atom is 0.318 e. The fourth-order valence-electron chi connectivity index (χ4n) is 4.91. The number of fused-ring (bicyclic) bond motifs is 6. The lowest BCUT2D eigenvalue weighted by Gasteiger charge is -2.20. The molecule has 1 saturated carbocycles. The Bertz CT molecular complexity index is 999. The number of carbonyl (C=O) groups is 3. The molecule has 0 spiro atoms. The predicted molar refractivity (Wildman–Crippen MR) is 102 cm³/mol. The average Bonchev–Trinajstić information content (AvgIpc) is 3.36. The zero-order chi connectivity index (χ0) is 18.7. The number of imide groups is 1. The van der Waals surface area contributed by atoms with Crippen molar-refractivity contribution >= 4 is 40.0 Å². The van der Waals surface area contributed by atoms with Crippen molar-refractivity contribution in [1.82, 2.24) is 5.32 Å². The van der Waals surface area contributed by atoms with Crippen LogP contribution in [0.1, 0.15) is 6.42 Å². The molecule has 5 rings (SSSR count). The van der Waals surface area contributed by atoms with Crippen LogP contribution in [0.4, 0.5) is 16.2 Å². The molecular formula is C21H19N3O3. The van der Waals surface area contributed by atoms with E-state index in [1.165, 1.54) is 4.90 Å². The summed E-state index contributed by atoms with van der Waals surface area (Å²) in [7, 11) is 1.55. The highest BCUT2D eigenvalue weighted by Gasteiger charge is 2.59. The lowest BCUT2D eigenvalue weighted by molar-refractivity contribution is -0.123. The van der Waals surface area contributed by atoms with Crippen LogP contribution in [0, 0.1) is 23.7 Å². The molecule has 2 bridgehead atoms. The predicted octanol–water partition coefficient (Wildman–Crippen LogP) is 2.90. The highest BCUT2D eigenvalue weighted by molar-refractivity contribution is 6.26. The van der Waals surface area contributed by atoms with Crippen molar-refractivity contribution in [1.29, 1.82) is 0 Å². The Morgan fingerprint density at radius 1 is 0.963 bits per heavy atom. The summed E-state index contributed by atoms with van der Waals surface area (Å²) in [6.07, 6.45) is 5.10. The molecule has 2 N–H and O–H groups in total. The Balaban J connectivity index is 1.60. The Labute approximate surface area is 156 Å². The highest BCUT2D eigenvalue weighted by Crippen LogP contribution is 2.53. The summed E-state index contributed by atoms with van der Waals surface area (Å²) < 4.78 is 0. The molecule has 2 fully saturated rings. The van der Waals surface area contributed by atoms with E-state index in [0.29, 0.717) is 11.4 Å². The van der Waals surface area contributed by atoms with E-state index in [-0.39, 0.29) is 41.5 Å². The number of benzene rings is 2. The SMILES string of the molecule is CNC(=O)Nc1ccc(N2C(=O)C3C4C=CC(C4)C3C2=O)c2ccccc12. The van der Waals surface area contributed by atoms with Gasteiger partial charge in [-0.2, -0.15) is 0 Å². The van der Waals surface area contributed by atoms with Crippen LogP contribution in [0.3, 0.4) is 0 Å².